The topological polar surface area (TPSA) is 59.8 Å². The van der Waals surface area contributed by atoms with Gasteiger partial charge in [-0.2, -0.15) is 5.10 Å². The Labute approximate surface area is 207 Å². The van der Waals surface area contributed by atoms with E-state index in [1.807, 2.05) is 37.3 Å². The van der Waals surface area contributed by atoms with E-state index in [0.717, 1.165) is 23.5 Å². The molecule has 4 rings (SSSR count). The van der Waals surface area contributed by atoms with Gasteiger partial charge >= 0.3 is 0 Å². The number of halogens is 1. The number of hydrogen-bond donors (Lipinski definition) is 1. The summed E-state index contributed by atoms with van der Waals surface area (Å²) in [4.78, 5) is 2.26. The van der Waals surface area contributed by atoms with Crippen molar-refractivity contribution in [3.8, 4) is 17.3 Å². The molecule has 0 radical (unpaired) electrons. The van der Waals surface area contributed by atoms with Crippen LogP contribution < -0.4 is 4.74 Å². The van der Waals surface area contributed by atoms with Crippen molar-refractivity contribution in [1.29, 1.82) is 0 Å². The third kappa shape index (κ3) is 6.69. The second kappa shape index (κ2) is 11.8. The maximum absolute atomic E-state index is 14.6. The van der Waals surface area contributed by atoms with E-state index in [0.29, 0.717) is 38.1 Å². The Balaban J connectivity index is 1.74. The number of nitrogens with zero attached hydrogens (tertiary/aromatic N) is 3. The van der Waals surface area contributed by atoms with E-state index in [2.05, 4.69) is 18.7 Å². The van der Waals surface area contributed by atoms with Crippen LogP contribution in [0.15, 0.2) is 54.6 Å². The molecule has 0 bridgehead atoms. The lowest BCUT2D eigenvalue weighted by Gasteiger charge is -2.26. The van der Waals surface area contributed by atoms with Gasteiger partial charge in [-0.05, 0) is 55.9 Å². The summed E-state index contributed by atoms with van der Waals surface area (Å²) >= 11 is 0. The molecular weight excluding hydrogens is 445 g/mol. The predicted octanol–water partition coefficient (Wildman–Crippen LogP) is 5.54. The number of hydrogen-bond acceptors (Lipinski definition) is 5. The molecule has 1 aromatic heterocycles. The maximum atomic E-state index is 14.6. The number of benzene rings is 2. The molecule has 0 saturated heterocycles. The van der Waals surface area contributed by atoms with Crippen LogP contribution in [-0.4, -0.2) is 52.2 Å². The van der Waals surface area contributed by atoms with Crippen molar-refractivity contribution in [3.05, 3.63) is 71.7 Å². The van der Waals surface area contributed by atoms with Crippen LogP contribution in [0.4, 0.5) is 4.39 Å². The van der Waals surface area contributed by atoms with Gasteiger partial charge < -0.3 is 14.6 Å². The van der Waals surface area contributed by atoms with Gasteiger partial charge in [0.05, 0.1) is 29.7 Å². The van der Waals surface area contributed by atoms with Crippen LogP contribution in [0.5, 0.6) is 11.6 Å². The van der Waals surface area contributed by atoms with E-state index in [-0.39, 0.29) is 11.7 Å². The molecule has 1 saturated carbocycles. The minimum atomic E-state index is -0.587. The first-order valence-electron chi connectivity index (χ1n) is 12.5. The zero-order chi connectivity index (χ0) is 24.8. The highest BCUT2D eigenvalue weighted by molar-refractivity contribution is 5.44. The Morgan fingerprint density at radius 3 is 2.49 bits per heavy atom. The Hall–Kier alpha value is -2.74. The lowest BCUT2D eigenvalue weighted by atomic mass is 10.1. The average molecular weight is 482 g/mol. The van der Waals surface area contributed by atoms with E-state index >= 15 is 0 Å². The summed E-state index contributed by atoms with van der Waals surface area (Å²) in [5, 5.41) is 15.5. The van der Waals surface area contributed by atoms with E-state index in [1.165, 1.54) is 18.9 Å². The average Bonchev–Trinajstić information content (AvgIpc) is 3.59. The van der Waals surface area contributed by atoms with E-state index in [1.54, 1.807) is 22.9 Å². The highest BCUT2D eigenvalue weighted by Gasteiger charge is 2.30. The van der Waals surface area contributed by atoms with Gasteiger partial charge in [0, 0.05) is 26.2 Å². The number of rotatable bonds is 13. The lowest BCUT2D eigenvalue weighted by Crippen LogP contribution is -2.36. The fourth-order valence-corrected chi connectivity index (χ4v) is 4.24. The Bertz CT molecular complexity index is 1080. The van der Waals surface area contributed by atoms with Gasteiger partial charge in [0.25, 0.3) is 0 Å². The van der Waals surface area contributed by atoms with Crippen molar-refractivity contribution in [2.45, 2.75) is 52.2 Å². The molecule has 1 heterocycles. The molecule has 0 amide bonds. The van der Waals surface area contributed by atoms with Crippen molar-refractivity contribution < 1.29 is 19.0 Å². The van der Waals surface area contributed by atoms with E-state index < -0.39 is 11.9 Å². The van der Waals surface area contributed by atoms with Crippen molar-refractivity contribution in [2.24, 2.45) is 5.92 Å². The van der Waals surface area contributed by atoms with Crippen molar-refractivity contribution >= 4 is 0 Å². The maximum Gasteiger partial charge on any atom is 0.227 e. The number of aliphatic hydroxyl groups is 1. The Kier molecular flexibility index (Phi) is 8.55. The molecule has 1 N–H and O–H groups in total. The van der Waals surface area contributed by atoms with Gasteiger partial charge in [0.1, 0.15) is 0 Å². The predicted molar refractivity (Wildman–Crippen MR) is 135 cm³/mol. The molecule has 0 spiro atoms. The Morgan fingerprint density at radius 2 is 1.83 bits per heavy atom. The number of aromatic nitrogens is 2. The molecule has 1 aliphatic carbocycles. The molecule has 1 atom stereocenters. The van der Waals surface area contributed by atoms with Gasteiger partial charge in [0.2, 0.25) is 5.88 Å². The summed E-state index contributed by atoms with van der Waals surface area (Å²) in [5.74, 6) is 1.01. The fraction of sp³-hybridized carbons (Fsp3) is 0.464. The highest BCUT2D eigenvalue weighted by atomic mass is 19.1. The first-order chi connectivity index (χ1) is 17.0. The van der Waals surface area contributed by atoms with Crippen LogP contribution in [-0.2, 0) is 11.3 Å². The van der Waals surface area contributed by atoms with Crippen LogP contribution >= 0.6 is 0 Å². The zero-order valence-electron chi connectivity index (χ0n) is 20.9. The van der Waals surface area contributed by atoms with Crippen molar-refractivity contribution in [1.82, 2.24) is 14.7 Å². The number of para-hydroxylation sites is 2. The summed E-state index contributed by atoms with van der Waals surface area (Å²) in [6.07, 6.45) is 1.82. The molecule has 0 unspecified atom stereocenters. The van der Waals surface area contributed by atoms with Crippen LogP contribution in [0.1, 0.15) is 50.8 Å². The van der Waals surface area contributed by atoms with Crippen molar-refractivity contribution in [3.63, 3.8) is 0 Å². The number of aliphatic hydroxyl groups excluding tert-OH is 1. The monoisotopic (exact) mass is 481 g/mol. The molecule has 0 aliphatic heterocycles. The van der Waals surface area contributed by atoms with Gasteiger partial charge in [0.15, 0.2) is 11.6 Å². The van der Waals surface area contributed by atoms with Crippen molar-refractivity contribution in [2.75, 3.05) is 26.3 Å². The lowest BCUT2D eigenvalue weighted by molar-refractivity contribution is 0.0185. The SMILES string of the molecule is CCOC[C@H](O)CN(Cc1c(C(C)C)nn(-c2ccccc2)c1Oc1ccccc1F)CC1CC1. The summed E-state index contributed by atoms with van der Waals surface area (Å²) in [6.45, 7) is 8.92. The summed E-state index contributed by atoms with van der Waals surface area (Å²) in [7, 11) is 0. The van der Waals surface area contributed by atoms with E-state index in [9.17, 15) is 9.50 Å². The minimum Gasteiger partial charge on any atom is -0.435 e. The molecular formula is C28H36FN3O3. The van der Waals surface area contributed by atoms with Crippen LogP contribution in [0.3, 0.4) is 0 Å². The summed E-state index contributed by atoms with van der Waals surface area (Å²) in [5.41, 5.74) is 2.66. The van der Waals surface area contributed by atoms with Crippen LogP contribution in [0, 0.1) is 11.7 Å². The largest absolute Gasteiger partial charge is 0.435 e. The molecule has 7 heteroatoms. The second-order valence-electron chi connectivity index (χ2n) is 9.55. The van der Waals surface area contributed by atoms with Gasteiger partial charge in [-0.15, -0.1) is 0 Å². The van der Waals surface area contributed by atoms with E-state index in [4.69, 9.17) is 14.6 Å². The molecule has 188 valence electrons. The number of ether oxygens (including phenoxy) is 2. The second-order valence-corrected chi connectivity index (χ2v) is 9.55. The summed E-state index contributed by atoms with van der Waals surface area (Å²) in [6, 6.07) is 16.2. The molecule has 3 aromatic rings. The standard InChI is InChI=1S/C28H36FN3O3/c1-4-34-19-23(33)17-31(16-21-14-15-21)18-24-27(20(2)3)30-32(22-10-6-5-7-11-22)28(24)35-26-13-9-8-12-25(26)29/h5-13,20-21,23,33H,4,14-19H2,1-3H3/t23-/m1/s1. The normalized spacial score (nSPS) is 14.6. The quantitative estimate of drug-likeness (QED) is 0.348. The first kappa shape index (κ1) is 25.4. The van der Waals surface area contributed by atoms with Gasteiger partial charge in [-0.25, -0.2) is 9.07 Å². The highest BCUT2D eigenvalue weighted by Crippen LogP contribution is 2.37. The van der Waals surface area contributed by atoms with Crippen LogP contribution in [0.2, 0.25) is 0 Å². The molecule has 1 fully saturated rings. The molecule has 6 nitrogen and oxygen atoms in total. The smallest absolute Gasteiger partial charge is 0.227 e. The first-order valence-corrected chi connectivity index (χ1v) is 12.5. The van der Waals surface area contributed by atoms with Gasteiger partial charge in [-0.3, -0.25) is 4.90 Å². The minimum absolute atomic E-state index is 0.133. The fourth-order valence-electron chi connectivity index (χ4n) is 4.24. The van der Waals surface area contributed by atoms with Crippen LogP contribution in [0.25, 0.3) is 5.69 Å². The molecule has 1 aliphatic rings. The zero-order valence-corrected chi connectivity index (χ0v) is 20.9. The molecule has 35 heavy (non-hydrogen) atoms. The summed E-state index contributed by atoms with van der Waals surface area (Å²) < 4.78 is 28.1. The third-order valence-electron chi connectivity index (χ3n) is 6.14. The molecule has 2 aromatic carbocycles. The van der Waals surface area contributed by atoms with Gasteiger partial charge in [-0.1, -0.05) is 44.2 Å². The Morgan fingerprint density at radius 1 is 1.11 bits per heavy atom. The third-order valence-corrected chi connectivity index (χ3v) is 6.14.